The highest BCUT2D eigenvalue weighted by Crippen LogP contribution is 2.44. The highest BCUT2D eigenvalue weighted by Gasteiger charge is 2.36. The van der Waals surface area contributed by atoms with Crippen LogP contribution in [0.15, 0.2) is 42.7 Å². The largest absolute Gasteiger partial charge is 0.418 e. The Balaban J connectivity index is 1.35. The minimum atomic E-state index is -4.61. The molecule has 1 unspecified atom stereocenters. The van der Waals surface area contributed by atoms with Gasteiger partial charge in [0.05, 0.1) is 23.5 Å². The van der Waals surface area contributed by atoms with Crippen molar-refractivity contribution >= 4 is 5.69 Å². The van der Waals surface area contributed by atoms with Crippen LogP contribution in [-0.4, -0.2) is 38.8 Å². The summed E-state index contributed by atoms with van der Waals surface area (Å²) in [7, 11) is 0. The molecule has 3 aromatic rings. The third-order valence-corrected chi connectivity index (χ3v) is 8.25. The van der Waals surface area contributed by atoms with Crippen molar-refractivity contribution in [2.24, 2.45) is 5.92 Å². The molecule has 1 aliphatic carbocycles. The molecule has 1 aliphatic heterocycles. The van der Waals surface area contributed by atoms with Gasteiger partial charge in [-0.3, -0.25) is 9.88 Å². The summed E-state index contributed by atoms with van der Waals surface area (Å²) < 4.78 is 71.0. The van der Waals surface area contributed by atoms with E-state index in [0.29, 0.717) is 43.1 Å². The van der Waals surface area contributed by atoms with Gasteiger partial charge in [-0.15, -0.1) is 0 Å². The lowest BCUT2D eigenvalue weighted by Crippen LogP contribution is -2.39. The van der Waals surface area contributed by atoms with E-state index in [9.17, 15) is 22.0 Å². The lowest BCUT2D eigenvalue weighted by Gasteiger charge is -2.34. The number of anilines is 1. The van der Waals surface area contributed by atoms with Crippen LogP contribution in [0.25, 0.3) is 0 Å². The molecule has 214 valence electrons. The van der Waals surface area contributed by atoms with E-state index >= 15 is 0 Å². The minimum Gasteiger partial charge on any atom is -0.379 e. The third-order valence-electron chi connectivity index (χ3n) is 8.25. The van der Waals surface area contributed by atoms with Gasteiger partial charge in [0, 0.05) is 43.6 Å². The molecule has 2 fully saturated rings. The molecule has 1 aromatic carbocycles. The monoisotopic (exact) mass is 559 g/mol. The van der Waals surface area contributed by atoms with Gasteiger partial charge in [-0.05, 0) is 92.5 Å². The van der Waals surface area contributed by atoms with Gasteiger partial charge in [-0.1, -0.05) is 6.42 Å². The Morgan fingerprint density at radius 1 is 1.12 bits per heavy atom. The molecule has 1 N–H and O–H groups in total. The molecule has 1 saturated heterocycles. The second-order valence-electron chi connectivity index (χ2n) is 11.4. The molecule has 0 spiro atoms. The fourth-order valence-corrected chi connectivity index (χ4v) is 5.66. The molecule has 5 nitrogen and oxygen atoms in total. The van der Waals surface area contributed by atoms with Crippen molar-refractivity contribution in [1.29, 1.82) is 0 Å². The van der Waals surface area contributed by atoms with Gasteiger partial charge in [0.25, 0.3) is 0 Å². The van der Waals surface area contributed by atoms with E-state index in [1.807, 2.05) is 17.9 Å². The maximum Gasteiger partial charge on any atom is 0.418 e. The normalized spacial score (nSPS) is 18.8. The van der Waals surface area contributed by atoms with E-state index in [-0.39, 0.29) is 24.7 Å². The molecule has 2 aliphatic rings. The van der Waals surface area contributed by atoms with Gasteiger partial charge < -0.3 is 5.32 Å². The van der Waals surface area contributed by atoms with E-state index < -0.39 is 23.2 Å². The number of nitrogens with zero attached hydrogens (tertiary/aromatic N) is 4. The van der Waals surface area contributed by atoms with Crippen LogP contribution < -0.4 is 5.32 Å². The average molecular weight is 560 g/mol. The van der Waals surface area contributed by atoms with Gasteiger partial charge in [-0.25, -0.2) is 8.78 Å². The first-order valence-electron chi connectivity index (χ1n) is 13.8. The molecule has 0 bridgehead atoms. The molecule has 0 radical (unpaired) electrons. The van der Waals surface area contributed by atoms with E-state index in [0.717, 1.165) is 42.1 Å². The van der Waals surface area contributed by atoms with Crippen molar-refractivity contribution in [2.75, 3.05) is 18.4 Å². The van der Waals surface area contributed by atoms with Gasteiger partial charge in [0.1, 0.15) is 11.5 Å². The summed E-state index contributed by atoms with van der Waals surface area (Å²) in [4.78, 5) is 6.10. The van der Waals surface area contributed by atoms with Crippen LogP contribution in [0.4, 0.5) is 27.6 Å². The number of hydrogen-bond donors (Lipinski definition) is 1. The Kier molecular flexibility index (Phi) is 8.08. The topological polar surface area (TPSA) is 53.9 Å². The smallest absolute Gasteiger partial charge is 0.379 e. The van der Waals surface area contributed by atoms with Crippen LogP contribution in [0.2, 0.25) is 0 Å². The maximum atomic E-state index is 14.8. The third kappa shape index (κ3) is 6.59. The lowest BCUT2D eigenvalue weighted by atomic mass is 9.71. The quantitative estimate of drug-likeness (QED) is 0.296. The summed E-state index contributed by atoms with van der Waals surface area (Å²) in [5, 5.41) is 11.4. The zero-order valence-electron chi connectivity index (χ0n) is 22.7. The van der Waals surface area contributed by atoms with Crippen LogP contribution in [0, 0.1) is 18.7 Å². The van der Waals surface area contributed by atoms with Crippen LogP contribution in [0.1, 0.15) is 78.6 Å². The Hall–Kier alpha value is -3.14. The zero-order chi connectivity index (χ0) is 28.5. The van der Waals surface area contributed by atoms with Gasteiger partial charge >= 0.3 is 6.18 Å². The summed E-state index contributed by atoms with van der Waals surface area (Å²) >= 11 is 0. The summed E-state index contributed by atoms with van der Waals surface area (Å²) in [6.45, 7) is 4.52. The van der Waals surface area contributed by atoms with Crippen LogP contribution >= 0.6 is 0 Å². The molecule has 40 heavy (non-hydrogen) atoms. The van der Waals surface area contributed by atoms with Gasteiger partial charge in [0.2, 0.25) is 0 Å². The van der Waals surface area contributed by atoms with Crippen LogP contribution in [0.3, 0.4) is 0 Å². The number of benzene rings is 1. The first-order chi connectivity index (χ1) is 19.0. The van der Waals surface area contributed by atoms with Crippen molar-refractivity contribution in [3.63, 3.8) is 0 Å². The predicted octanol–water partition coefficient (Wildman–Crippen LogP) is 7.21. The molecule has 2 aromatic heterocycles. The molecular formula is C30H34F5N5. The standard InChI is InChI=1S/C30H34F5N5/c1-19-6-9-38-39-28(19)27(21-4-3-5-21)22-13-23(31)15-24(14-22)36-17-26-25(30(33,34)35)12-20(16-37-26)18-40-10-7-29(2,32)8-11-40/h6,9,12-16,21,27,36H,3-5,7-8,10-11,17-18H2,1-2H3. The van der Waals surface area contributed by atoms with Crippen LogP contribution in [-0.2, 0) is 19.3 Å². The number of aryl methyl sites for hydroxylation is 1. The van der Waals surface area contributed by atoms with Crippen molar-refractivity contribution in [3.8, 4) is 0 Å². The van der Waals surface area contributed by atoms with E-state index in [1.54, 1.807) is 19.2 Å². The summed E-state index contributed by atoms with van der Waals surface area (Å²) in [6.07, 6.45) is 2.24. The van der Waals surface area contributed by atoms with Crippen molar-refractivity contribution in [1.82, 2.24) is 20.1 Å². The van der Waals surface area contributed by atoms with Crippen molar-refractivity contribution < 1.29 is 22.0 Å². The molecule has 10 heteroatoms. The molecule has 1 saturated carbocycles. The Labute approximate surface area is 231 Å². The number of nitrogens with one attached hydrogen (secondary N) is 1. The molecule has 0 amide bonds. The lowest BCUT2D eigenvalue weighted by molar-refractivity contribution is -0.138. The zero-order valence-corrected chi connectivity index (χ0v) is 22.7. The van der Waals surface area contributed by atoms with Crippen molar-refractivity contribution in [3.05, 3.63) is 82.2 Å². The first kappa shape index (κ1) is 28.4. The second kappa shape index (κ2) is 11.4. The number of halogens is 5. The molecule has 3 heterocycles. The average Bonchev–Trinajstić information content (AvgIpc) is 2.86. The number of rotatable bonds is 8. The summed E-state index contributed by atoms with van der Waals surface area (Å²) in [5.41, 5.74) is 1.06. The Morgan fingerprint density at radius 3 is 2.52 bits per heavy atom. The fourth-order valence-electron chi connectivity index (χ4n) is 5.66. The highest BCUT2D eigenvalue weighted by atomic mass is 19.4. The predicted molar refractivity (Wildman–Crippen MR) is 143 cm³/mol. The van der Waals surface area contributed by atoms with E-state index in [1.165, 1.54) is 18.3 Å². The Bertz CT molecular complexity index is 1330. The number of pyridine rings is 1. The number of likely N-dealkylation sites (tertiary alicyclic amines) is 1. The maximum absolute atomic E-state index is 14.8. The van der Waals surface area contributed by atoms with Crippen molar-refractivity contribution in [2.45, 2.75) is 76.8 Å². The SMILES string of the molecule is Cc1ccnnc1C(c1cc(F)cc(NCc2ncc(CN3CCC(C)(F)CC3)cc2C(F)(F)F)c1)C1CCC1. The second-order valence-corrected chi connectivity index (χ2v) is 11.4. The summed E-state index contributed by atoms with van der Waals surface area (Å²) in [6, 6.07) is 7.54. The number of alkyl halides is 4. The first-order valence-corrected chi connectivity index (χ1v) is 13.8. The number of piperidine rings is 1. The van der Waals surface area contributed by atoms with Gasteiger partial charge in [-0.2, -0.15) is 23.4 Å². The number of hydrogen-bond acceptors (Lipinski definition) is 5. The highest BCUT2D eigenvalue weighted by molar-refractivity contribution is 5.50. The summed E-state index contributed by atoms with van der Waals surface area (Å²) in [5.74, 6) is -0.322. The van der Waals surface area contributed by atoms with E-state index in [2.05, 4.69) is 20.5 Å². The Morgan fingerprint density at radius 2 is 1.88 bits per heavy atom. The van der Waals surface area contributed by atoms with Crippen LogP contribution in [0.5, 0.6) is 0 Å². The van der Waals surface area contributed by atoms with E-state index in [4.69, 9.17) is 0 Å². The molecular weight excluding hydrogens is 525 g/mol. The molecule has 5 rings (SSSR count). The minimum absolute atomic E-state index is 0.146. The fraction of sp³-hybridized carbons (Fsp3) is 0.500. The molecule has 1 atom stereocenters. The number of aromatic nitrogens is 3. The van der Waals surface area contributed by atoms with Gasteiger partial charge in [0.15, 0.2) is 0 Å².